The summed E-state index contributed by atoms with van der Waals surface area (Å²) in [6.07, 6.45) is 3.33. The number of nitrogens with one attached hydrogen (secondary N) is 1. The second kappa shape index (κ2) is 7.27. The highest BCUT2D eigenvalue weighted by atomic mass is 16.5. The zero-order valence-corrected chi connectivity index (χ0v) is 18.4. The molecule has 31 heavy (non-hydrogen) atoms. The Hall–Kier alpha value is -2.53. The lowest BCUT2D eigenvalue weighted by molar-refractivity contribution is -0.120. The molecule has 5 atom stereocenters. The number of aromatic hydroxyl groups is 1. The molecular weight excluding hydrogens is 390 g/mol. The van der Waals surface area contributed by atoms with Crippen molar-refractivity contribution in [3.8, 4) is 11.5 Å². The lowest BCUT2D eigenvalue weighted by Gasteiger charge is -2.53. The van der Waals surface area contributed by atoms with Crippen molar-refractivity contribution in [2.75, 3.05) is 13.7 Å². The van der Waals surface area contributed by atoms with Gasteiger partial charge in [-0.3, -0.25) is 4.79 Å². The number of phenols is 1. The molecule has 5 rings (SSSR count). The fraction of sp³-hybridized carbons (Fsp3) is 0.500. The first-order valence-corrected chi connectivity index (χ1v) is 11.2. The normalized spacial score (nSPS) is 33.0. The summed E-state index contributed by atoms with van der Waals surface area (Å²) in [4.78, 5) is 13.2. The fourth-order valence-electron chi connectivity index (χ4n) is 6.81. The van der Waals surface area contributed by atoms with E-state index < -0.39 is 0 Å². The molecule has 0 aromatic heterocycles. The number of phenolic OH excluding ortho intramolecular Hbond substituents is 1. The summed E-state index contributed by atoms with van der Waals surface area (Å²) in [7, 11) is 1.50. The molecule has 164 valence electrons. The molecule has 3 aliphatic rings. The van der Waals surface area contributed by atoms with Crippen LogP contribution in [0.1, 0.15) is 55.1 Å². The minimum Gasteiger partial charge on any atom is -0.504 e. The SMILES string of the molecule is COc1ccc(C(=O)N[C@H]2C(C)(C)[C@@H]3C[C@@H]4[C@@H](c5ccccc5)OCC[C@@]42C3)cc1O. The molecule has 0 unspecified atom stereocenters. The van der Waals surface area contributed by atoms with Crippen molar-refractivity contribution in [2.45, 2.75) is 45.3 Å². The van der Waals surface area contributed by atoms with Crippen LogP contribution in [0, 0.1) is 22.7 Å². The van der Waals surface area contributed by atoms with Crippen LogP contribution in [0.2, 0.25) is 0 Å². The van der Waals surface area contributed by atoms with Gasteiger partial charge in [0.2, 0.25) is 0 Å². The molecule has 3 fully saturated rings. The number of amides is 1. The number of hydrogen-bond acceptors (Lipinski definition) is 4. The molecule has 5 nitrogen and oxygen atoms in total. The maximum atomic E-state index is 13.2. The molecule has 1 amide bonds. The predicted octanol–water partition coefficient (Wildman–Crippen LogP) is 4.71. The largest absolute Gasteiger partial charge is 0.504 e. The molecule has 2 N–H and O–H groups in total. The lowest BCUT2D eigenvalue weighted by atomic mass is 9.59. The van der Waals surface area contributed by atoms with Gasteiger partial charge in [-0.05, 0) is 65.7 Å². The Morgan fingerprint density at radius 3 is 2.68 bits per heavy atom. The van der Waals surface area contributed by atoms with Gasteiger partial charge in [-0.25, -0.2) is 0 Å². The molecular formula is C26H31NO4. The van der Waals surface area contributed by atoms with Crippen LogP contribution in [0.15, 0.2) is 48.5 Å². The summed E-state index contributed by atoms with van der Waals surface area (Å²) in [6, 6.07) is 15.4. The molecule has 1 aliphatic heterocycles. The van der Waals surface area contributed by atoms with E-state index in [2.05, 4.69) is 43.4 Å². The summed E-state index contributed by atoms with van der Waals surface area (Å²) in [5.74, 6) is 1.16. The average molecular weight is 422 g/mol. The third-order valence-electron chi connectivity index (χ3n) is 8.35. The Bertz CT molecular complexity index is 988. The Morgan fingerprint density at radius 2 is 1.97 bits per heavy atom. The van der Waals surface area contributed by atoms with E-state index in [1.54, 1.807) is 12.1 Å². The van der Waals surface area contributed by atoms with Crippen LogP contribution < -0.4 is 10.1 Å². The topological polar surface area (TPSA) is 67.8 Å². The first kappa shape index (κ1) is 20.4. The van der Waals surface area contributed by atoms with Crippen LogP contribution in [0.4, 0.5) is 0 Å². The van der Waals surface area contributed by atoms with E-state index >= 15 is 0 Å². The van der Waals surface area contributed by atoms with E-state index in [9.17, 15) is 9.90 Å². The second-order valence-corrected chi connectivity index (χ2v) is 10.0. The second-order valence-electron chi connectivity index (χ2n) is 10.0. The van der Waals surface area contributed by atoms with Crippen LogP contribution in [-0.4, -0.2) is 30.8 Å². The molecule has 1 heterocycles. The Kier molecular flexibility index (Phi) is 4.78. The quantitative estimate of drug-likeness (QED) is 0.750. The van der Waals surface area contributed by atoms with Crippen molar-refractivity contribution >= 4 is 5.91 Å². The van der Waals surface area contributed by atoms with E-state index in [4.69, 9.17) is 9.47 Å². The molecule has 5 heteroatoms. The Balaban J connectivity index is 1.45. The average Bonchev–Trinajstić information content (AvgIpc) is 3.26. The molecule has 2 aliphatic carbocycles. The molecule has 2 aromatic rings. The standard InChI is InChI=1S/C26H31NO4/c1-25(2)18-14-19-22(16-7-5-4-6-8-16)31-12-11-26(19,15-18)24(25)27-23(29)17-9-10-21(30-3)20(28)13-17/h4-10,13,18-19,22,24,28H,11-12,14-15H2,1-3H3,(H,27,29)/t18-,19-,22-,24+,26-/m1/s1. The van der Waals surface area contributed by atoms with Gasteiger partial charge in [-0.1, -0.05) is 44.2 Å². The number of hydrogen-bond donors (Lipinski definition) is 2. The first-order valence-electron chi connectivity index (χ1n) is 11.2. The summed E-state index contributed by atoms with van der Waals surface area (Å²) in [5.41, 5.74) is 1.75. The maximum Gasteiger partial charge on any atom is 0.251 e. The van der Waals surface area contributed by atoms with Crippen molar-refractivity contribution in [1.82, 2.24) is 5.32 Å². The van der Waals surface area contributed by atoms with Crippen molar-refractivity contribution < 1.29 is 19.4 Å². The summed E-state index contributed by atoms with van der Waals surface area (Å²) in [6.45, 7) is 5.31. The smallest absolute Gasteiger partial charge is 0.251 e. The van der Waals surface area contributed by atoms with Crippen LogP contribution in [0.3, 0.4) is 0 Å². The first-order chi connectivity index (χ1) is 14.9. The number of carbonyl (C=O) groups is 1. The number of methoxy groups -OCH3 is 1. The van der Waals surface area contributed by atoms with E-state index in [1.807, 2.05) is 6.07 Å². The molecule has 1 saturated heterocycles. The van der Waals surface area contributed by atoms with Crippen LogP contribution in [0.5, 0.6) is 11.5 Å². The molecule has 0 radical (unpaired) electrons. The van der Waals surface area contributed by atoms with Crippen molar-refractivity contribution in [1.29, 1.82) is 0 Å². The number of carbonyl (C=O) groups excluding carboxylic acids is 1. The van der Waals surface area contributed by atoms with Gasteiger partial charge in [0.25, 0.3) is 5.91 Å². The van der Waals surface area contributed by atoms with Gasteiger partial charge in [-0.2, -0.15) is 0 Å². The van der Waals surface area contributed by atoms with Gasteiger partial charge in [-0.15, -0.1) is 0 Å². The van der Waals surface area contributed by atoms with Gasteiger partial charge in [0.15, 0.2) is 11.5 Å². The predicted molar refractivity (Wildman–Crippen MR) is 118 cm³/mol. The lowest BCUT2D eigenvalue weighted by Crippen LogP contribution is -2.58. The molecule has 2 aromatic carbocycles. The van der Waals surface area contributed by atoms with Crippen molar-refractivity contribution in [3.05, 3.63) is 59.7 Å². The number of benzene rings is 2. The molecule has 1 spiro atoms. The summed E-state index contributed by atoms with van der Waals surface area (Å²) >= 11 is 0. The van der Waals surface area contributed by atoms with Crippen molar-refractivity contribution in [2.24, 2.45) is 22.7 Å². The maximum absolute atomic E-state index is 13.2. The molecule has 2 bridgehead atoms. The van der Waals surface area contributed by atoms with Gasteiger partial charge >= 0.3 is 0 Å². The zero-order chi connectivity index (χ0) is 21.8. The highest BCUT2D eigenvalue weighted by molar-refractivity contribution is 5.95. The number of rotatable bonds is 4. The highest BCUT2D eigenvalue weighted by Crippen LogP contribution is 2.70. The van der Waals surface area contributed by atoms with Gasteiger partial charge in [0.05, 0.1) is 13.2 Å². The van der Waals surface area contributed by atoms with Crippen molar-refractivity contribution in [3.63, 3.8) is 0 Å². The van der Waals surface area contributed by atoms with Crippen LogP contribution in [-0.2, 0) is 4.74 Å². The zero-order valence-electron chi connectivity index (χ0n) is 18.4. The third-order valence-corrected chi connectivity index (χ3v) is 8.35. The van der Waals surface area contributed by atoms with Crippen LogP contribution in [0.25, 0.3) is 0 Å². The minimum absolute atomic E-state index is 0.0131. The Labute approximate surface area is 183 Å². The van der Waals surface area contributed by atoms with E-state index in [-0.39, 0.29) is 34.6 Å². The number of ether oxygens (including phenoxy) is 2. The molecule has 2 saturated carbocycles. The van der Waals surface area contributed by atoms with Crippen LogP contribution >= 0.6 is 0 Å². The van der Waals surface area contributed by atoms with Gasteiger partial charge < -0.3 is 19.9 Å². The van der Waals surface area contributed by atoms with Gasteiger partial charge in [0, 0.05) is 18.2 Å². The van der Waals surface area contributed by atoms with E-state index in [0.717, 1.165) is 19.3 Å². The Morgan fingerprint density at radius 1 is 1.19 bits per heavy atom. The summed E-state index contributed by atoms with van der Waals surface area (Å²) in [5, 5.41) is 13.5. The number of fused-ring (bicyclic) bond motifs is 1. The van der Waals surface area contributed by atoms with E-state index in [0.29, 0.717) is 29.8 Å². The minimum atomic E-state index is -0.139. The monoisotopic (exact) mass is 421 g/mol. The third kappa shape index (κ3) is 3.05. The fourth-order valence-corrected chi connectivity index (χ4v) is 6.81. The summed E-state index contributed by atoms with van der Waals surface area (Å²) < 4.78 is 11.4. The van der Waals surface area contributed by atoms with E-state index in [1.165, 1.54) is 18.7 Å². The van der Waals surface area contributed by atoms with Gasteiger partial charge in [0.1, 0.15) is 0 Å². The highest BCUT2D eigenvalue weighted by Gasteiger charge is 2.68.